The number of benzene rings is 1. The van der Waals surface area contributed by atoms with Crippen LogP contribution in [-0.4, -0.2) is 29.9 Å². The molecule has 0 saturated heterocycles. The topological polar surface area (TPSA) is 97.1 Å². The van der Waals surface area contributed by atoms with Gasteiger partial charge in [0.15, 0.2) is 0 Å². The van der Waals surface area contributed by atoms with Crippen molar-refractivity contribution in [2.75, 3.05) is 18.4 Å². The summed E-state index contributed by atoms with van der Waals surface area (Å²) in [6.45, 7) is 2.31. The highest BCUT2D eigenvalue weighted by molar-refractivity contribution is 9.10. The van der Waals surface area contributed by atoms with Crippen LogP contribution in [-0.2, 0) is 11.2 Å². The van der Waals surface area contributed by atoms with E-state index in [1.165, 1.54) is 11.3 Å². The molecule has 2 rings (SSSR count). The molecule has 0 saturated carbocycles. The van der Waals surface area contributed by atoms with E-state index in [0.717, 1.165) is 15.0 Å². The molecule has 23 heavy (non-hydrogen) atoms. The van der Waals surface area contributed by atoms with Gasteiger partial charge in [-0.25, -0.2) is 4.98 Å². The molecule has 0 atom stereocenters. The molecule has 2 amide bonds. The number of rotatable bonds is 6. The third kappa shape index (κ3) is 5.12. The summed E-state index contributed by atoms with van der Waals surface area (Å²) in [5, 5.41) is 7.76. The largest absolute Gasteiger partial charge is 0.342 e. The minimum atomic E-state index is -0.369. The van der Waals surface area contributed by atoms with E-state index in [-0.39, 0.29) is 18.4 Å². The molecular formula is C15H17BrN4O2S. The van der Waals surface area contributed by atoms with Gasteiger partial charge in [0, 0.05) is 22.0 Å². The van der Waals surface area contributed by atoms with Crippen LogP contribution in [0.5, 0.6) is 0 Å². The molecule has 6 nitrogen and oxygen atoms in total. The maximum Gasteiger partial charge on any atom is 0.271 e. The second kappa shape index (κ2) is 8.19. The smallest absolute Gasteiger partial charge is 0.271 e. The first-order chi connectivity index (χ1) is 11.0. The SMILES string of the molecule is Cc1cc(NC(=O)CNC(=O)c2csc(CCN)n2)ccc1Br. The van der Waals surface area contributed by atoms with Gasteiger partial charge in [-0.05, 0) is 37.2 Å². The van der Waals surface area contributed by atoms with E-state index in [2.05, 4.69) is 31.5 Å². The molecule has 122 valence electrons. The molecule has 0 unspecified atom stereocenters. The fourth-order valence-electron chi connectivity index (χ4n) is 1.83. The molecule has 0 aliphatic carbocycles. The number of aryl methyl sites for hydroxylation is 1. The van der Waals surface area contributed by atoms with Crippen LogP contribution in [0, 0.1) is 6.92 Å². The lowest BCUT2D eigenvalue weighted by Crippen LogP contribution is -2.33. The van der Waals surface area contributed by atoms with Gasteiger partial charge in [-0.2, -0.15) is 0 Å². The van der Waals surface area contributed by atoms with Gasteiger partial charge in [0.1, 0.15) is 5.69 Å². The van der Waals surface area contributed by atoms with Crippen molar-refractivity contribution in [1.29, 1.82) is 0 Å². The Labute approximate surface area is 146 Å². The van der Waals surface area contributed by atoms with Gasteiger partial charge in [-0.15, -0.1) is 11.3 Å². The first kappa shape index (κ1) is 17.6. The third-order valence-electron chi connectivity index (χ3n) is 2.99. The molecular weight excluding hydrogens is 380 g/mol. The van der Waals surface area contributed by atoms with Gasteiger partial charge >= 0.3 is 0 Å². The average Bonchev–Trinajstić information content (AvgIpc) is 2.98. The predicted octanol–water partition coefficient (Wildman–Crippen LogP) is 2.08. The van der Waals surface area contributed by atoms with Crippen LogP contribution in [0.2, 0.25) is 0 Å². The fraction of sp³-hybridized carbons (Fsp3) is 0.267. The van der Waals surface area contributed by atoms with Gasteiger partial charge in [0.25, 0.3) is 5.91 Å². The average molecular weight is 397 g/mol. The number of aromatic nitrogens is 1. The lowest BCUT2D eigenvalue weighted by Gasteiger charge is -2.07. The highest BCUT2D eigenvalue weighted by atomic mass is 79.9. The van der Waals surface area contributed by atoms with Crippen molar-refractivity contribution in [3.63, 3.8) is 0 Å². The Hall–Kier alpha value is -1.77. The summed E-state index contributed by atoms with van der Waals surface area (Å²) in [4.78, 5) is 28.0. The minimum Gasteiger partial charge on any atom is -0.342 e. The zero-order chi connectivity index (χ0) is 16.8. The Morgan fingerprint density at radius 2 is 2.17 bits per heavy atom. The number of anilines is 1. The first-order valence-electron chi connectivity index (χ1n) is 6.98. The van der Waals surface area contributed by atoms with Crippen molar-refractivity contribution in [2.45, 2.75) is 13.3 Å². The molecule has 0 fully saturated rings. The highest BCUT2D eigenvalue weighted by Gasteiger charge is 2.12. The second-order valence-corrected chi connectivity index (χ2v) is 6.66. The molecule has 2 aromatic rings. The van der Waals surface area contributed by atoms with E-state index in [9.17, 15) is 9.59 Å². The Morgan fingerprint density at radius 3 is 2.87 bits per heavy atom. The van der Waals surface area contributed by atoms with Crippen LogP contribution in [0.15, 0.2) is 28.1 Å². The molecule has 0 radical (unpaired) electrons. The normalized spacial score (nSPS) is 10.4. The lowest BCUT2D eigenvalue weighted by molar-refractivity contribution is -0.115. The lowest BCUT2D eigenvalue weighted by atomic mass is 10.2. The highest BCUT2D eigenvalue weighted by Crippen LogP contribution is 2.19. The number of carbonyl (C=O) groups is 2. The summed E-state index contributed by atoms with van der Waals surface area (Å²) in [6.07, 6.45) is 0.640. The molecule has 4 N–H and O–H groups in total. The van der Waals surface area contributed by atoms with E-state index in [1.807, 2.05) is 19.1 Å². The predicted molar refractivity (Wildman–Crippen MR) is 94.7 cm³/mol. The number of hydrogen-bond acceptors (Lipinski definition) is 5. The zero-order valence-electron chi connectivity index (χ0n) is 12.6. The van der Waals surface area contributed by atoms with Crippen molar-refractivity contribution in [1.82, 2.24) is 10.3 Å². The van der Waals surface area contributed by atoms with Crippen molar-refractivity contribution >= 4 is 44.8 Å². The number of hydrogen-bond donors (Lipinski definition) is 3. The molecule has 1 aromatic carbocycles. The number of halogens is 1. The van der Waals surface area contributed by atoms with Crippen LogP contribution in [0.4, 0.5) is 5.69 Å². The van der Waals surface area contributed by atoms with Crippen LogP contribution in [0.3, 0.4) is 0 Å². The third-order valence-corrected chi connectivity index (χ3v) is 4.79. The summed E-state index contributed by atoms with van der Waals surface area (Å²) < 4.78 is 0.973. The van der Waals surface area contributed by atoms with Crippen molar-refractivity contribution in [3.05, 3.63) is 44.3 Å². The maximum absolute atomic E-state index is 11.9. The van der Waals surface area contributed by atoms with Gasteiger partial charge in [0.05, 0.1) is 11.6 Å². The number of nitrogens with one attached hydrogen (secondary N) is 2. The van der Waals surface area contributed by atoms with E-state index in [1.54, 1.807) is 11.4 Å². The Bertz CT molecular complexity index is 717. The fourth-order valence-corrected chi connectivity index (χ4v) is 2.87. The van der Waals surface area contributed by atoms with E-state index < -0.39 is 0 Å². The van der Waals surface area contributed by atoms with E-state index in [0.29, 0.717) is 24.3 Å². The van der Waals surface area contributed by atoms with Crippen LogP contribution < -0.4 is 16.4 Å². The van der Waals surface area contributed by atoms with Gasteiger partial charge in [-0.3, -0.25) is 9.59 Å². The Balaban J connectivity index is 1.85. The minimum absolute atomic E-state index is 0.113. The van der Waals surface area contributed by atoms with Gasteiger partial charge in [0.2, 0.25) is 5.91 Å². The number of amides is 2. The molecule has 1 aromatic heterocycles. The number of nitrogens with zero attached hydrogens (tertiary/aromatic N) is 1. The monoisotopic (exact) mass is 396 g/mol. The summed E-state index contributed by atoms with van der Waals surface area (Å²) in [7, 11) is 0. The molecule has 0 bridgehead atoms. The Morgan fingerprint density at radius 1 is 1.39 bits per heavy atom. The van der Waals surface area contributed by atoms with Gasteiger partial charge in [-0.1, -0.05) is 15.9 Å². The summed E-state index contributed by atoms with van der Waals surface area (Å²) in [5.74, 6) is -0.663. The molecule has 0 spiro atoms. The van der Waals surface area contributed by atoms with Crippen molar-refractivity contribution < 1.29 is 9.59 Å². The first-order valence-corrected chi connectivity index (χ1v) is 8.65. The quantitative estimate of drug-likeness (QED) is 0.695. The van der Waals surface area contributed by atoms with Crippen LogP contribution >= 0.6 is 27.3 Å². The molecule has 1 heterocycles. The van der Waals surface area contributed by atoms with Crippen molar-refractivity contribution in [2.24, 2.45) is 5.73 Å². The number of carbonyl (C=O) groups excluding carboxylic acids is 2. The van der Waals surface area contributed by atoms with E-state index in [4.69, 9.17) is 5.73 Å². The van der Waals surface area contributed by atoms with Gasteiger partial charge < -0.3 is 16.4 Å². The summed E-state index contributed by atoms with van der Waals surface area (Å²) >= 11 is 4.79. The number of thiazole rings is 1. The van der Waals surface area contributed by atoms with Crippen LogP contribution in [0.1, 0.15) is 21.1 Å². The van der Waals surface area contributed by atoms with E-state index >= 15 is 0 Å². The molecule has 0 aliphatic heterocycles. The molecule has 8 heteroatoms. The molecule has 0 aliphatic rings. The summed E-state index contributed by atoms with van der Waals surface area (Å²) in [5.41, 5.74) is 7.46. The second-order valence-electron chi connectivity index (χ2n) is 4.86. The van der Waals surface area contributed by atoms with Crippen LogP contribution in [0.25, 0.3) is 0 Å². The zero-order valence-corrected chi connectivity index (χ0v) is 15.0. The maximum atomic E-state index is 11.9. The van der Waals surface area contributed by atoms with Crippen molar-refractivity contribution in [3.8, 4) is 0 Å². The summed E-state index contributed by atoms with van der Waals surface area (Å²) in [6, 6.07) is 5.50. The Kier molecular flexibility index (Phi) is 6.26. The standard InChI is InChI=1S/C15H17BrN4O2S/c1-9-6-10(2-3-11(9)16)19-13(21)7-18-15(22)12-8-23-14(20-12)4-5-17/h2-3,6,8H,4-5,7,17H2,1H3,(H,18,22)(H,19,21). The number of nitrogens with two attached hydrogens (primary N) is 1.